The Morgan fingerprint density at radius 1 is 0.950 bits per heavy atom. The van der Waals surface area contributed by atoms with E-state index in [0.29, 0.717) is 23.2 Å². The molecule has 0 aromatic heterocycles. The Balaban J connectivity index is 4.11. The van der Waals surface area contributed by atoms with E-state index in [9.17, 15) is 4.79 Å². The van der Waals surface area contributed by atoms with Crippen molar-refractivity contribution in [1.82, 2.24) is 0 Å². The number of hydrogen-bond acceptors (Lipinski definition) is 3. The molecule has 0 saturated heterocycles. The molecular weight excluding hydrogens is 367 g/mol. The molecule has 0 amide bonds. The van der Waals surface area contributed by atoms with Crippen LogP contribution in [0.4, 0.5) is 0 Å². The summed E-state index contributed by atoms with van der Waals surface area (Å²) in [4.78, 5) is 11.4. The van der Waals surface area contributed by atoms with Gasteiger partial charge in [-0.15, -0.1) is 0 Å². The summed E-state index contributed by atoms with van der Waals surface area (Å²) in [6.45, 7) is 15.1. The number of carbonyl (C=O) groups is 1. The van der Waals surface area contributed by atoms with Crippen molar-refractivity contribution in [2.45, 2.75) is 84.5 Å². The summed E-state index contributed by atoms with van der Waals surface area (Å²) in [6.07, 6.45) is 2.21. The molecule has 120 valence electrons. The summed E-state index contributed by atoms with van der Waals surface area (Å²) >= 11 is 2.11. The second-order valence-corrected chi connectivity index (χ2v) is 8.27. The first kappa shape index (κ1) is 20.3. The molecule has 0 aromatic carbocycles. The predicted molar refractivity (Wildman–Crippen MR) is 92.7 cm³/mol. The normalized spacial score (nSPS) is 13.6. The summed E-state index contributed by atoms with van der Waals surface area (Å²) in [5.74, 6) is 0.290. The van der Waals surface area contributed by atoms with Crippen LogP contribution in [0.3, 0.4) is 0 Å². The third-order valence-corrected chi connectivity index (χ3v) is 3.79. The Labute approximate surface area is 138 Å². The van der Waals surface area contributed by atoms with Gasteiger partial charge in [-0.3, -0.25) is 4.79 Å². The smallest absolute Gasteiger partial charge is 0.142 e. The molecule has 0 rings (SSSR count). The second-order valence-electron chi connectivity index (χ2n) is 7.50. The fourth-order valence-corrected chi connectivity index (χ4v) is 2.41. The van der Waals surface area contributed by atoms with Crippen molar-refractivity contribution in [2.75, 3.05) is 11.0 Å². The highest BCUT2D eigenvalue weighted by molar-refractivity contribution is 14.1. The summed E-state index contributed by atoms with van der Waals surface area (Å²) < 4.78 is 12.5. The molecule has 0 unspecified atom stereocenters. The first-order chi connectivity index (χ1) is 8.87. The van der Waals surface area contributed by atoms with Crippen LogP contribution in [-0.2, 0) is 14.3 Å². The summed E-state index contributed by atoms with van der Waals surface area (Å²) in [5.41, 5.74) is -0.600. The molecule has 0 saturated carbocycles. The van der Waals surface area contributed by atoms with Gasteiger partial charge in [0.25, 0.3) is 0 Å². The molecule has 3 nitrogen and oxygen atoms in total. The predicted octanol–water partition coefficient (Wildman–Crippen LogP) is 4.55. The van der Waals surface area contributed by atoms with Gasteiger partial charge in [0.05, 0.1) is 27.8 Å². The van der Waals surface area contributed by atoms with Crippen LogP contribution >= 0.6 is 22.6 Å². The zero-order chi connectivity index (χ0) is 16.0. The standard InChI is InChI=1S/C16H31IO3/c1-14(2,3)20-16(6,7)10-11-19-15(4,5)9-8-13(18)12-17/h8-12H2,1-7H3. The number of hydrogen-bond donors (Lipinski definition) is 0. The second kappa shape index (κ2) is 8.08. The maximum atomic E-state index is 11.4. The van der Waals surface area contributed by atoms with Crippen LogP contribution in [-0.4, -0.2) is 33.6 Å². The van der Waals surface area contributed by atoms with Crippen molar-refractivity contribution in [3.05, 3.63) is 0 Å². The van der Waals surface area contributed by atoms with E-state index in [2.05, 4.69) is 57.2 Å². The zero-order valence-corrected chi connectivity index (χ0v) is 16.3. The molecule has 0 fully saturated rings. The number of rotatable bonds is 9. The highest BCUT2D eigenvalue weighted by Crippen LogP contribution is 2.25. The van der Waals surface area contributed by atoms with Crippen molar-refractivity contribution in [2.24, 2.45) is 0 Å². The van der Waals surface area contributed by atoms with Gasteiger partial charge in [0, 0.05) is 6.42 Å². The molecule has 0 atom stereocenters. The number of ether oxygens (including phenoxy) is 2. The van der Waals surface area contributed by atoms with Crippen LogP contribution in [0.5, 0.6) is 0 Å². The SMILES string of the molecule is CC(C)(C)OC(C)(C)CCOC(C)(C)CCC(=O)CI. The van der Waals surface area contributed by atoms with Crippen molar-refractivity contribution >= 4 is 28.4 Å². The molecule has 0 aliphatic rings. The van der Waals surface area contributed by atoms with E-state index < -0.39 is 0 Å². The van der Waals surface area contributed by atoms with Gasteiger partial charge in [0.2, 0.25) is 0 Å². The monoisotopic (exact) mass is 398 g/mol. The first-order valence-electron chi connectivity index (χ1n) is 7.29. The van der Waals surface area contributed by atoms with Crippen LogP contribution in [0.25, 0.3) is 0 Å². The fraction of sp³-hybridized carbons (Fsp3) is 0.938. The summed E-state index contributed by atoms with van der Waals surface area (Å²) in [6, 6.07) is 0. The zero-order valence-electron chi connectivity index (χ0n) is 14.1. The number of alkyl halides is 1. The molecule has 0 radical (unpaired) electrons. The third-order valence-electron chi connectivity index (χ3n) is 2.93. The molecule has 0 heterocycles. The average Bonchev–Trinajstić information content (AvgIpc) is 2.21. The number of Topliss-reactive ketones (excluding diaryl/α,β-unsaturated/α-hetero) is 1. The molecule has 0 N–H and O–H groups in total. The van der Waals surface area contributed by atoms with Gasteiger partial charge in [0.1, 0.15) is 5.78 Å². The Hall–Kier alpha value is 0.320. The Morgan fingerprint density at radius 2 is 1.50 bits per heavy atom. The van der Waals surface area contributed by atoms with E-state index in [1.807, 2.05) is 13.8 Å². The molecule has 0 spiro atoms. The highest BCUT2D eigenvalue weighted by atomic mass is 127. The minimum atomic E-state index is -0.251. The van der Waals surface area contributed by atoms with Gasteiger partial charge >= 0.3 is 0 Å². The molecule has 4 heteroatoms. The van der Waals surface area contributed by atoms with Crippen molar-refractivity contribution < 1.29 is 14.3 Å². The summed E-state index contributed by atoms with van der Waals surface area (Å²) in [7, 11) is 0. The lowest BCUT2D eigenvalue weighted by Gasteiger charge is -2.35. The average molecular weight is 398 g/mol. The van der Waals surface area contributed by atoms with E-state index in [4.69, 9.17) is 9.47 Å². The van der Waals surface area contributed by atoms with Crippen LogP contribution in [0.1, 0.15) is 67.7 Å². The molecule has 20 heavy (non-hydrogen) atoms. The molecular formula is C16H31IO3. The molecule has 0 bridgehead atoms. The minimum Gasteiger partial charge on any atom is -0.375 e. The minimum absolute atomic E-state index is 0.147. The molecule has 0 aromatic rings. The summed E-state index contributed by atoms with van der Waals surface area (Å²) in [5, 5.41) is 0. The van der Waals surface area contributed by atoms with Gasteiger partial charge in [-0.2, -0.15) is 0 Å². The van der Waals surface area contributed by atoms with Crippen molar-refractivity contribution in [3.8, 4) is 0 Å². The third kappa shape index (κ3) is 11.0. The van der Waals surface area contributed by atoms with E-state index in [-0.39, 0.29) is 16.8 Å². The topological polar surface area (TPSA) is 35.5 Å². The highest BCUT2D eigenvalue weighted by Gasteiger charge is 2.27. The number of carbonyl (C=O) groups excluding carboxylic acids is 1. The maximum absolute atomic E-state index is 11.4. The maximum Gasteiger partial charge on any atom is 0.142 e. The van der Waals surface area contributed by atoms with Gasteiger partial charge in [0.15, 0.2) is 0 Å². The van der Waals surface area contributed by atoms with Crippen LogP contribution < -0.4 is 0 Å². The van der Waals surface area contributed by atoms with E-state index in [1.165, 1.54) is 0 Å². The van der Waals surface area contributed by atoms with E-state index in [1.54, 1.807) is 0 Å². The fourth-order valence-electron chi connectivity index (χ4n) is 2.03. The number of ketones is 1. The Kier molecular flexibility index (Phi) is 8.21. The largest absolute Gasteiger partial charge is 0.375 e. The van der Waals surface area contributed by atoms with Crippen LogP contribution in [0.2, 0.25) is 0 Å². The van der Waals surface area contributed by atoms with Gasteiger partial charge < -0.3 is 9.47 Å². The molecule has 0 aliphatic carbocycles. The number of halogens is 1. The van der Waals surface area contributed by atoms with E-state index >= 15 is 0 Å². The van der Waals surface area contributed by atoms with Gasteiger partial charge in [-0.05, 0) is 61.3 Å². The lowest BCUT2D eigenvalue weighted by molar-refractivity contribution is -0.134. The lowest BCUT2D eigenvalue weighted by atomic mass is 10.00. The molecule has 0 aliphatic heterocycles. The van der Waals surface area contributed by atoms with Gasteiger partial charge in [-0.1, -0.05) is 22.6 Å². The lowest BCUT2D eigenvalue weighted by Crippen LogP contribution is -2.37. The Bertz CT molecular complexity index is 303. The van der Waals surface area contributed by atoms with Crippen LogP contribution in [0, 0.1) is 0 Å². The van der Waals surface area contributed by atoms with Gasteiger partial charge in [-0.25, -0.2) is 0 Å². The van der Waals surface area contributed by atoms with Crippen molar-refractivity contribution in [3.63, 3.8) is 0 Å². The van der Waals surface area contributed by atoms with Crippen LogP contribution in [0.15, 0.2) is 0 Å². The Morgan fingerprint density at radius 3 is 1.95 bits per heavy atom. The van der Waals surface area contributed by atoms with Crippen molar-refractivity contribution in [1.29, 1.82) is 0 Å². The van der Waals surface area contributed by atoms with E-state index in [0.717, 1.165) is 12.8 Å². The quantitative estimate of drug-likeness (QED) is 0.422. The first-order valence-corrected chi connectivity index (χ1v) is 8.81.